The van der Waals surface area contributed by atoms with E-state index in [0.717, 1.165) is 16.9 Å². The minimum atomic E-state index is -0.00245. The summed E-state index contributed by atoms with van der Waals surface area (Å²) in [5, 5.41) is 15.8. The van der Waals surface area contributed by atoms with Crippen molar-refractivity contribution in [1.82, 2.24) is 15.0 Å². The zero-order valence-corrected chi connectivity index (χ0v) is 13.5. The van der Waals surface area contributed by atoms with Gasteiger partial charge in [0.15, 0.2) is 0 Å². The fraction of sp³-hybridized carbons (Fsp3) is 0.118. The highest BCUT2D eigenvalue weighted by Gasteiger charge is 2.07. The maximum Gasteiger partial charge on any atom is 0.225 e. The lowest BCUT2D eigenvalue weighted by atomic mass is 10.2. The molecular formula is C17H16ClN5O. The molecule has 6 nitrogen and oxygen atoms in total. The number of nitrogens with one attached hydrogen (secondary N) is 2. The zero-order valence-electron chi connectivity index (χ0n) is 12.8. The van der Waals surface area contributed by atoms with Gasteiger partial charge in [-0.05, 0) is 30.3 Å². The number of aliphatic hydroxyl groups excluding tert-OH is 1. The second kappa shape index (κ2) is 7.72. The number of halogens is 1. The molecule has 2 heterocycles. The van der Waals surface area contributed by atoms with Crippen LogP contribution in [0.5, 0.6) is 0 Å². The summed E-state index contributed by atoms with van der Waals surface area (Å²) in [5.74, 6) is 1.04. The summed E-state index contributed by atoms with van der Waals surface area (Å²) < 4.78 is 0. The van der Waals surface area contributed by atoms with Crippen molar-refractivity contribution in [2.45, 2.75) is 0 Å². The molecule has 3 rings (SSSR count). The van der Waals surface area contributed by atoms with Crippen molar-refractivity contribution in [2.24, 2.45) is 0 Å². The van der Waals surface area contributed by atoms with Crippen LogP contribution >= 0.6 is 11.6 Å². The van der Waals surface area contributed by atoms with E-state index >= 15 is 0 Å². The van der Waals surface area contributed by atoms with E-state index in [1.807, 2.05) is 42.5 Å². The lowest BCUT2D eigenvalue weighted by Gasteiger charge is -2.11. The van der Waals surface area contributed by atoms with Gasteiger partial charge in [0.1, 0.15) is 5.82 Å². The van der Waals surface area contributed by atoms with Crippen LogP contribution in [-0.4, -0.2) is 33.2 Å². The molecule has 1 aromatic carbocycles. The molecular weight excluding hydrogens is 326 g/mol. The van der Waals surface area contributed by atoms with E-state index in [9.17, 15) is 0 Å². The number of rotatable bonds is 6. The second-order valence-electron chi connectivity index (χ2n) is 4.99. The summed E-state index contributed by atoms with van der Waals surface area (Å²) in [5.41, 5.74) is 2.43. The maximum absolute atomic E-state index is 8.99. The standard InChI is InChI=1S/C17H16ClN5O/c18-13-4-1-5-14(9-13)21-16-10-15(12-3-2-6-19-11-12)22-17(23-16)20-7-8-24/h1-6,9-11,24H,7-8H2,(H2,20,21,22,23). The van der Waals surface area contributed by atoms with Gasteiger partial charge in [-0.2, -0.15) is 4.98 Å². The number of benzene rings is 1. The second-order valence-corrected chi connectivity index (χ2v) is 5.43. The molecule has 0 aliphatic carbocycles. The number of pyridine rings is 1. The predicted molar refractivity (Wildman–Crippen MR) is 95.6 cm³/mol. The van der Waals surface area contributed by atoms with Crippen molar-refractivity contribution in [3.8, 4) is 11.3 Å². The SMILES string of the molecule is OCCNc1nc(Nc2cccc(Cl)c2)cc(-c2cccnc2)n1. The van der Waals surface area contributed by atoms with Crippen LogP contribution in [0.25, 0.3) is 11.3 Å². The van der Waals surface area contributed by atoms with E-state index in [-0.39, 0.29) is 6.61 Å². The van der Waals surface area contributed by atoms with Gasteiger partial charge in [0.05, 0.1) is 12.3 Å². The Hall–Kier alpha value is -2.70. The van der Waals surface area contributed by atoms with Crippen LogP contribution < -0.4 is 10.6 Å². The van der Waals surface area contributed by atoms with E-state index in [1.54, 1.807) is 12.4 Å². The fourth-order valence-electron chi connectivity index (χ4n) is 2.13. The Morgan fingerprint density at radius 2 is 2.00 bits per heavy atom. The van der Waals surface area contributed by atoms with Gasteiger partial charge in [-0.3, -0.25) is 4.98 Å². The van der Waals surface area contributed by atoms with Crippen molar-refractivity contribution in [2.75, 3.05) is 23.8 Å². The number of hydrogen-bond donors (Lipinski definition) is 3. The molecule has 2 aromatic heterocycles. The topological polar surface area (TPSA) is 83.0 Å². The number of nitrogens with zero attached hydrogens (tertiary/aromatic N) is 3. The third kappa shape index (κ3) is 4.18. The fourth-order valence-corrected chi connectivity index (χ4v) is 2.32. The lowest BCUT2D eigenvalue weighted by molar-refractivity contribution is 0.311. The van der Waals surface area contributed by atoms with Gasteiger partial charge in [-0.15, -0.1) is 0 Å². The summed E-state index contributed by atoms with van der Waals surface area (Å²) in [4.78, 5) is 13.0. The molecule has 0 spiro atoms. The summed E-state index contributed by atoms with van der Waals surface area (Å²) in [6.45, 7) is 0.366. The molecule has 0 bridgehead atoms. The van der Waals surface area contributed by atoms with Gasteiger partial charge in [0, 0.05) is 41.3 Å². The highest BCUT2D eigenvalue weighted by molar-refractivity contribution is 6.30. The van der Waals surface area contributed by atoms with Crippen molar-refractivity contribution in [1.29, 1.82) is 0 Å². The van der Waals surface area contributed by atoms with E-state index in [2.05, 4.69) is 25.6 Å². The Labute approximate surface area is 144 Å². The van der Waals surface area contributed by atoms with Crippen LogP contribution in [0.4, 0.5) is 17.5 Å². The molecule has 0 saturated heterocycles. The zero-order chi connectivity index (χ0) is 16.8. The molecule has 0 fully saturated rings. The first-order valence-corrected chi connectivity index (χ1v) is 7.79. The molecule has 3 aromatic rings. The maximum atomic E-state index is 8.99. The summed E-state index contributed by atoms with van der Waals surface area (Å²) in [7, 11) is 0. The minimum absolute atomic E-state index is 0.00245. The van der Waals surface area contributed by atoms with E-state index in [0.29, 0.717) is 23.3 Å². The third-order valence-corrected chi connectivity index (χ3v) is 3.41. The summed E-state index contributed by atoms with van der Waals surface area (Å²) in [6, 6.07) is 13.0. The quantitative estimate of drug-likeness (QED) is 0.638. The van der Waals surface area contributed by atoms with Crippen LogP contribution in [0.2, 0.25) is 5.02 Å². The van der Waals surface area contributed by atoms with Gasteiger partial charge in [-0.25, -0.2) is 4.98 Å². The number of hydrogen-bond acceptors (Lipinski definition) is 6. The highest BCUT2D eigenvalue weighted by atomic mass is 35.5. The third-order valence-electron chi connectivity index (χ3n) is 3.18. The number of anilines is 3. The van der Waals surface area contributed by atoms with E-state index < -0.39 is 0 Å². The van der Waals surface area contributed by atoms with Gasteiger partial charge >= 0.3 is 0 Å². The molecule has 0 aliphatic heterocycles. The predicted octanol–water partition coefficient (Wildman–Crippen LogP) is 3.34. The smallest absolute Gasteiger partial charge is 0.225 e. The normalized spacial score (nSPS) is 10.4. The largest absolute Gasteiger partial charge is 0.395 e. The molecule has 0 radical (unpaired) electrons. The molecule has 0 aliphatic rings. The lowest BCUT2D eigenvalue weighted by Crippen LogP contribution is -2.10. The minimum Gasteiger partial charge on any atom is -0.395 e. The van der Waals surface area contributed by atoms with Crippen LogP contribution in [0.3, 0.4) is 0 Å². The Balaban J connectivity index is 1.95. The Morgan fingerprint density at radius 1 is 1.08 bits per heavy atom. The molecule has 3 N–H and O–H groups in total. The first-order chi connectivity index (χ1) is 11.7. The summed E-state index contributed by atoms with van der Waals surface area (Å²) in [6.07, 6.45) is 3.45. The molecule has 0 amide bonds. The molecule has 0 unspecified atom stereocenters. The van der Waals surface area contributed by atoms with Crippen molar-refractivity contribution >= 4 is 29.1 Å². The van der Waals surface area contributed by atoms with Crippen molar-refractivity contribution in [3.63, 3.8) is 0 Å². The molecule has 0 atom stereocenters. The van der Waals surface area contributed by atoms with Crippen LogP contribution in [0.15, 0.2) is 54.9 Å². The van der Waals surface area contributed by atoms with Crippen LogP contribution in [0.1, 0.15) is 0 Å². The van der Waals surface area contributed by atoms with E-state index in [4.69, 9.17) is 16.7 Å². The molecule has 24 heavy (non-hydrogen) atoms. The van der Waals surface area contributed by atoms with Gasteiger partial charge in [0.2, 0.25) is 5.95 Å². The summed E-state index contributed by atoms with van der Waals surface area (Å²) >= 11 is 6.02. The van der Waals surface area contributed by atoms with Crippen LogP contribution in [0, 0.1) is 0 Å². The average molecular weight is 342 g/mol. The molecule has 0 saturated carbocycles. The van der Waals surface area contributed by atoms with Gasteiger partial charge < -0.3 is 15.7 Å². The van der Waals surface area contributed by atoms with Crippen LogP contribution in [-0.2, 0) is 0 Å². The first kappa shape index (κ1) is 16.2. The molecule has 7 heteroatoms. The Morgan fingerprint density at radius 3 is 2.75 bits per heavy atom. The average Bonchev–Trinajstić information content (AvgIpc) is 2.60. The number of aliphatic hydroxyl groups is 1. The van der Waals surface area contributed by atoms with Crippen molar-refractivity contribution in [3.05, 3.63) is 59.9 Å². The monoisotopic (exact) mass is 341 g/mol. The Kier molecular flexibility index (Phi) is 5.20. The van der Waals surface area contributed by atoms with E-state index in [1.165, 1.54) is 0 Å². The number of aromatic nitrogens is 3. The molecule has 122 valence electrons. The van der Waals surface area contributed by atoms with Gasteiger partial charge in [-0.1, -0.05) is 17.7 Å². The van der Waals surface area contributed by atoms with Gasteiger partial charge in [0.25, 0.3) is 0 Å². The first-order valence-electron chi connectivity index (χ1n) is 7.41. The highest BCUT2D eigenvalue weighted by Crippen LogP contribution is 2.24. The van der Waals surface area contributed by atoms with Crippen molar-refractivity contribution < 1.29 is 5.11 Å². The Bertz CT molecular complexity index is 813.